The van der Waals surface area contributed by atoms with Crippen LogP contribution in [0.5, 0.6) is 0 Å². The monoisotopic (exact) mass is 344 g/mol. The number of rotatable bonds is 6. The van der Waals surface area contributed by atoms with Gasteiger partial charge in [0.05, 0.1) is 0 Å². The first-order valence-electron chi connectivity index (χ1n) is 9.01. The molecule has 5 heteroatoms. The highest BCUT2D eigenvalue weighted by atomic mass is 19.1. The predicted molar refractivity (Wildman–Crippen MR) is 95.9 cm³/mol. The van der Waals surface area contributed by atoms with Crippen LogP contribution in [0, 0.1) is 5.82 Å². The van der Waals surface area contributed by atoms with Gasteiger partial charge in [0.2, 0.25) is 0 Å². The average Bonchev–Trinajstić information content (AvgIpc) is 3.11. The molecule has 0 unspecified atom stereocenters. The molecule has 1 aromatic heterocycles. The van der Waals surface area contributed by atoms with Gasteiger partial charge in [0.25, 0.3) is 5.91 Å². The van der Waals surface area contributed by atoms with E-state index >= 15 is 0 Å². The van der Waals surface area contributed by atoms with Gasteiger partial charge < -0.3 is 14.6 Å². The number of halogens is 1. The number of nitrogens with zero attached hydrogens (tertiary/aromatic N) is 1. The van der Waals surface area contributed by atoms with Gasteiger partial charge in [-0.05, 0) is 69.1 Å². The quantitative estimate of drug-likeness (QED) is 0.803. The summed E-state index contributed by atoms with van der Waals surface area (Å²) in [6.45, 7) is 5.08. The van der Waals surface area contributed by atoms with E-state index in [1.54, 1.807) is 24.3 Å². The molecule has 0 saturated carbocycles. The lowest BCUT2D eigenvalue weighted by Crippen LogP contribution is -2.39. The van der Waals surface area contributed by atoms with Gasteiger partial charge in [0.15, 0.2) is 5.76 Å². The summed E-state index contributed by atoms with van der Waals surface area (Å²) in [6.07, 6.45) is 4.80. The molecule has 1 aromatic carbocycles. The van der Waals surface area contributed by atoms with Gasteiger partial charge in [0, 0.05) is 24.7 Å². The minimum atomic E-state index is -0.295. The maximum atomic E-state index is 13.0. The van der Waals surface area contributed by atoms with E-state index in [0.29, 0.717) is 18.3 Å². The van der Waals surface area contributed by atoms with Crippen LogP contribution in [0.25, 0.3) is 11.3 Å². The van der Waals surface area contributed by atoms with E-state index in [1.807, 2.05) is 0 Å². The Morgan fingerprint density at radius 2 is 2.04 bits per heavy atom. The van der Waals surface area contributed by atoms with Crippen LogP contribution in [0.15, 0.2) is 40.8 Å². The molecule has 1 fully saturated rings. The number of piperidine rings is 1. The lowest BCUT2D eigenvalue weighted by molar-refractivity contribution is 0.0922. The van der Waals surface area contributed by atoms with Gasteiger partial charge >= 0.3 is 0 Å². The normalized spacial score (nSPS) is 18.2. The second-order valence-electron chi connectivity index (χ2n) is 6.66. The third-order valence-electron chi connectivity index (χ3n) is 4.81. The zero-order valence-electron chi connectivity index (χ0n) is 14.6. The van der Waals surface area contributed by atoms with Crippen LogP contribution in [0.1, 0.15) is 43.2 Å². The molecular formula is C20H25FN2O2. The molecule has 4 nitrogen and oxygen atoms in total. The first-order chi connectivity index (χ1) is 12.1. The molecular weight excluding hydrogens is 319 g/mol. The van der Waals surface area contributed by atoms with E-state index in [1.165, 1.54) is 31.4 Å². The summed E-state index contributed by atoms with van der Waals surface area (Å²) in [7, 11) is 0. The van der Waals surface area contributed by atoms with Gasteiger partial charge in [-0.15, -0.1) is 0 Å². The van der Waals surface area contributed by atoms with Crippen molar-refractivity contribution in [2.45, 2.75) is 38.6 Å². The number of carbonyl (C=O) groups excluding carboxylic acids is 1. The number of likely N-dealkylation sites (tertiary alicyclic amines) is 1. The SMILES string of the molecule is C[C@@H]1CCCCN1CCCNC(=O)c1ccc(-c2ccc(F)cc2)o1. The molecule has 1 saturated heterocycles. The molecule has 1 aliphatic heterocycles. The Labute approximate surface area is 148 Å². The first-order valence-corrected chi connectivity index (χ1v) is 9.01. The van der Waals surface area contributed by atoms with Crippen molar-refractivity contribution in [3.05, 3.63) is 48.0 Å². The van der Waals surface area contributed by atoms with E-state index in [-0.39, 0.29) is 17.5 Å². The fourth-order valence-electron chi connectivity index (χ4n) is 3.29. The summed E-state index contributed by atoms with van der Waals surface area (Å²) in [6, 6.07) is 10.1. The van der Waals surface area contributed by atoms with Crippen molar-refractivity contribution in [3.63, 3.8) is 0 Å². The Kier molecular flexibility index (Phi) is 5.87. The van der Waals surface area contributed by atoms with Crippen molar-refractivity contribution in [1.29, 1.82) is 0 Å². The van der Waals surface area contributed by atoms with Gasteiger partial charge in [-0.3, -0.25) is 4.79 Å². The maximum Gasteiger partial charge on any atom is 0.287 e. The second kappa shape index (κ2) is 8.30. The zero-order valence-corrected chi connectivity index (χ0v) is 14.6. The average molecular weight is 344 g/mol. The molecule has 0 bridgehead atoms. The van der Waals surface area contributed by atoms with Crippen LogP contribution in [0.2, 0.25) is 0 Å². The van der Waals surface area contributed by atoms with Crippen LogP contribution < -0.4 is 5.32 Å². The third-order valence-corrected chi connectivity index (χ3v) is 4.81. The summed E-state index contributed by atoms with van der Waals surface area (Å²) in [5.41, 5.74) is 0.750. The van der Waals surface area contributed by atoms with E-state index in [0.717, 1.165) is 25.1 Å². The van der Waals surface area contributed by atoms with Crippen LogP contribution >= 0.6 is 0 Å². The van der Waals surface area contributed by atoms with Crippen molar-refractivity contribution in [1.82, 2.24) is 10.2 Å². The summed E-state index contributed by atoms with van der Waals surface area (Å²) in [5, 5.41) is 2.91. The molecule has 2 heterocycles. The molecule has 3 rings (SSSR count). The molecule has 1 amide bonds. The number of nitrogens with one attached hydrogen (secondary N) is 1. The van der Waals surface area contributed by atoms with Gasteiger partial charge in [-0.2, -0.15) is 0 Å². The van der Waals surface area contributed by atoms with E-state index in [4.69, 9.17) is 4.42 Å². The fraction of sp³-hybridized carbons (Fsp3) is 0.450. The summed E-state index contributed by atoms with van der Waals surface area (Å²) < 4.78 is 18.6. The lowest BCUT2D eigenvalue weighted by atomic mass is 10.0. The highest BCUT2D eigenvalue weighted by Gasteiger charge is 2.17. The van der Waals surface area contributed by atoms with Crippen molar-refractivity contribution < 1.29 is 13.6 Å². The standard InChI is InChI=1S/C20H25FN2O2/c1-15-5-2-3-13-23(15)14-4-12-22-20(24)19-11-10-18(25-19)16-6-8-17(21)9-7-16/h6-11,15H,2-5,12-14H2,1H3,(H,22,24)/t15-/m1/s1. The Morgan fingerprint density at radius 3 is 2.80 bits per heavy atom. The molecule has 1 N–H and O–H groups in total. The highest BCUT2D eigenvalue weighted by Crippen LogP contribution is 2.22. The third kappa shape index (κ3) is 4.69. The number of benzene rings is 1. The van der Waals surface area contributed by atoms with Gasteiger partial charge in [0.1, 0.15) is 11.6 Å². The van der Waals surface area contributed by atoms with E-state index in [2.05, 4.69) is 17.1 Å². The highest BCUT2D eigenvalue weighted by molar-refractivity contribution is 5.92. The minimum Gasteiger partial charge on any atom is -0.451 e. The van der Waals surface area contributed by atoms with Crippen LogP contribution in [0.3, 0.4) is 0 Å². The van der Waals surface area contributed by atoms with Crippen molar-refractivity contribution in [3.8, 4) is 11.3 Å². The number of amides is 1. The molecule has 134 valence electrons. The van der Waals surface area contributed by atoms with Crippen molar-refractivity contribution >= 4 is 5.91 Å². The lowest BCUT2D eigenvalue weighted by Gasteiger charge is -2.33. The zero-order chi connectivity index (χ0) is 17.6. The van der Waals surface area contributed by atoms with Crippen LogP contribution in [0.4, 0.5) is 4.39 Å². The topological polar surface area (TPSA) is 45.5 Å². The largest absolute Gasteiger partial charge is 0.451 e. The second-order valence-corrected chi connectivity index (χ2v) is 6.66. The maximum absolute atomic E-state index is 13.0. The molecule has 1 aliphatic rings. The Bertz CT molecular complexity index is 696. The summed E-state index contributed by atoms with van der Waals surface area (Å²) in [5.74, 6) is 0.342. The van der Waals surface area contributed by atoms with Gasteiger partial charge in [-0.1, -0.05) is 6.42 Å². The summed E-state index contributed by atoms with van der Waals surface area (Å²) in [4.78, 5) is 14.7. The minimum absolute atomic E-state index is 0.208. The van der Waals surface area contributed by atoms with Crippen LogP contribution in [-0.4, -0.2) is 36.5 Å². The Morgan fingerprint density at radius 1 is 1.24 bits per heavy atom. The smallest absolute Gasteiger partial charge is 0.287 e. The molecule has 25 heavy (non-hydrogen) atoms. The van der Waals surface area contributed by atoms with Crippen LogP contribution in [-0.2, 0) is 0 Å². The van der Waals surface area contributed by atoms with E-state index < -0.39 is 0 Å². The fourth-order valence-corrected chi connectivity index (χ4v) is 3.29. The van der Waals surface area contributed by atoms with E-state index in [9.17, 15) is 9.18 Å². The van der Waals surface area contributed by atoms with Crippen molar-refractivity contribution in [2.75, 3.05) is 19.6 Å². The van der Waals surface area contributed by atoms with Crippen molar-refractivity contribution in [2.24, 2.45) is 0 Å². The Balaban J connectivity index is 1.46. The number of hydrogen-bond donors (Lipinski definition) is 1. The first kappa shape index (κ1) is 17.7. The predicted octanol–water partition coefficient (Wildman–Crippen LogP) is 4.08. The molecule has 2 aromatic rings. The number of hydrogen-bond acceptors (Lipinski definition) is 3. The number of carbonyl (C=O) groups is 1. The molecule has 0 spiro atoms. The molecule has 0 radical (unpaired) electrons. The number of furan rings is 1. The molecule has 1 atom stereocenters. The van der Waals surface area contributed by atoms with Gasteiger partial charge in [-0.25, -0.2) is 4.39 Å². The summed E-state index contributed by atoms with van der Waals surface area (Å²) >= 11 is 0. The molecule has 0 aliphatic carbocycles. The Hall–Kier alpha value is -2.14.